The summed E-state index contributed by atoms with van der Waals surface area (Å²) >= 11 is 0. The van der Waals surface area contributed by atoms with Gasteiger partial charge < -0.3 is 9.80 Å². The second-order valence-electron chi connectivity index (χ2n) is 7.91. The minimum absolute atomic E-state index is 0.00696. The summed E-state index contributed by atoms with van der Waals surface area (Å²) < 4.78 is 27.3. The first kappa shape index (κ1) is 18.0. The summed E-state index contributed by atoms with van der Waals surface area (Å²) in [5.41, 5.74) is 0.388. The van der Waals surface area contributed by atoms with Gasteiger partial charge in [0.2, 0.25) is 5.91 Å². The number of benzene rings is 1. The van der Waals surface area contributed by atoms with Gasteiger partial charge in [0.1, 0.15) is 23.5 Å². The van der Waals surface area contributed by atoms with Crippen LogP contribution in [-0.2, 0) is 10.3 Å². The maximum Gasteiger partial charge on any atom is 0.237 e. The van der Waals surface area contributed by atoms with E-state index < -0.39 is 17.2 Å². The number of nitrogens with one attached hydrogen (secondary N) is 1. The topological polar surface area (TPSA) is 72.3 Å². The van der Waals surface area contributed by atoms with Crippen LogP contribution in [0.3, 0.4) is 0 Å². The number of carbonyl (C=O) groups is 1. The van der Waals surface area contributed by atoms with E-state index in [-0.39, 0.29) is 24.5 Å². The number of rotatable bonds is 5. The van der Waals surface area contributed by atoms with Gasteiger partial charge in [-0.2, -0.15) is 5.26 Å². The maximum atomic E-state index is 14.1. The number of nitrogens with zero attached hydrogens (tertiary/aromatic N) is 4. The van der Waals surface area contributed by atoms with Gasteiger partial charge in [0, 0.05) is 36.5 Å². The molecule has 0 spiro atoms. The zero-order chi connectivity index (χ0) is 20.2. The van der Waals surface area contributed by atoms with Crippen LogP contribution in [0.4, 0.5) is 14.6 Å². The molecule has 3 heterocycles. The van der Waals surface area contributed by atoms with Crippen molar-refractivity contribution in [2.45, 2.75) is 30.5 Å². The highest BCUT2D eigenvalue weighted by Crippen LogP contribution is 2.46. The quantitative estimate of drug-likeness (QED) is 0.838. The fraction of sp³-hybridized carbons (Fsp3) is 0.381. The van der Waals surface area contributed by atoms with Crippen LogP contribution in [0.25, 0.3) is 0 Å². The van der Waals surface area contributed by atoms with Crippen molar-refractivity contribution in [3.05, 3.63) is 59.3 Å². The van der Waals surface area contributed by atoms with Gasteiger partial charge in [0.25, 0.3) is 0 Å². The normalized spacial score (nSPS) is 23.5. The molecule has 1 aromatic heterocycles. The van der Waals surface area contributed by atoms with Crippen molar-refractivity contribution in [3.63, 3.8) is 0 Å². The summed E-state index contributed by atoms with van der Waals surface area (Å²) in [6, 6.07) is 9.64. The summed E-state index contributed by atoms with van der Waals surface area (Å²) in [7, 11) is 0. The van der Waals surface area contributed by atoms with Gasteiger partial charge in [-0.25, -0.2) is 13.8 Å². The Kier molecular flexibility index (Phi) is 4.03. The van der Waals surface area contributed by atoms with Crippen molar-refractivity contribution in [1.82, 2.24) is 15.2 Å². The predicted octanol–water partition coefficient (Wildman–Crippen LogP) is 1.91. The molecular weight excluding hydrogens is 376 g/mol. The number of aromatic nitrogens is 1. The highest BCUT2D eigenvalue weighted by atomic mass is 19.1. The van der Waals surface area contributed by atoms with E-state index in [2.05, 4.69) is 21.3 Å². The summed E-state index contributed by atoms with van der Waals surface area (Å²) in [4.78, 5) is 20.9. The van der Waals surface area contributed by atoms with Crippen molar-refractivity contribution in [3.8, 4) is 6.07 Å². The molecule has 1 aromatic carbocycles. The van der Waals surface area contributed by atoms with Gasteiger partial charge in [-0.05, 0) is 31.0 Å². The van der Waals surface area contributed by atoms with Crippen LogP contribution in [0.2, 0.25) is 0 Å². The second-order valence-corrected chi connectivity index (χ2v) is 7.91. The number of amides is 1. The van der Waals surface area contributed by atoms with Gasteiger partial charge in [-0.15, -0.1) is 0 Å². The number of hydrogen-bond acceptors (Lipinski definition) is 5. The molecule has 1 aliphatic carbocycles. The second kappa shape index (κ2) is 6.49. The van der Waals surface area contributed by atoms with Crippen molar-refractivity contribution < 1.29 is 13.6 Å². The number of pyridine rings is 1. The van der Waals surface area contributed by atoms with E-state index in [0.29, 0.717) is 24.2 Å². The Hall–Kier alpha value is -3.05. The summed E-state index contributed by atoms with van der Waals surface area (Å²) in [5.74, 6) is -0.362. The standard InChI is InChI=1S/C21H19F2N5O/c22-14-2-3-15(16(23)7-14)21(5-6-21)26-10-20(29)28-12-17-18(28)11-27(17)19-4-1-13(8-24)9-25-19/h1-4,7,9,17-18,26H,5-6,10-12H2. The Bertz CT molecular complexity index is 1010. The molecule has 148 valence electrons. The number of piperazine rings is 1. The lowest BCUT2D eigenvalue weighted by molar-refractivity contribution is -0.143. The van der Waals surface area contributed by atoms with Crippen LogP contribution in [0.1, 0.15) is 24.0 Å². The number of carbonyl (C=O) groups excluding carboxylic acids is 1. The lowest BCUT2D eigenvalue weighted by Crippen LogP contribution is -2.80. The number of fused-ring (bicyclic) bond motifs is 1. The zero-order valence-corrected chi connectivity index (χ0v) is 15.6. The van der Waals surface area contributed by atoms with Gasteiger partial charge in [0.15, 0.2) is 0 Å². The van der Waals surface area contributed by atoms with E-state index in [9.17, 15) is 13.6 Å². The SMILES string of the molecule is N#Cc1ccc(N2CC3C2CN3C(=O)CNC2(c3ccc(F)cc3F)CC2)nc1. The largest absolute Gasteiger partial charge is 0.348 e. The van der Waals surface area contributed by atoms with Crippen LogP contribution in [0.5, 0.6) is 0 Å². The minimum atomic E-state index is -0.601. The maximum absolute atomic E-state index is 14.1. The molecule has 1 N–H and O–H groups in total. The lowest BCUT2D eigenvalue weighted by atomic mass is 9.85. The Morgan fingerprint density at radius 1 is 1.24 bits per heavy atom. The van der Waals surface area contributed by atoms with E-state index in [1.54, 1.807) is 12.3 Å². The van der Waals surface area contributed by atoms with Crippen molar-refractivity contribution in [1.29, 1.82) is 5.26 Å². The van der Waals surface area contributed by atoms with Gasteiger partial charge in [-0.3, -0.25) is 10.1 Å². The fourth-order valence-electron chi connectivity index (χ4n) is 4.32. The third-order valence-corrected chi connectivity index (χ3v) is 6.28. The molecule has 6 nitrogen and oxygen atoms in total. The van der Waals surface area contributed by atoms with Crippen molar-refractivity contribution in [2.75, 3.05) is 24.5 Å². The first-order valence-electron chi connectivity index (χ1n) is 9.64. The van der Waals surface area contributed by atoms with Crippen LogP contribution in [0.15, 0.2) is 36.5 Å². The molecule has 1 saturated carbocycles. The smallest absolute Gasteiger partial charge is 0.237 e. The summed E-state index contributed by atoms with van der Waals surface area (Å²) in [6.07, 6.45) is 3.01. The third kappa shape index (κ3) is 2.93. The molecule has 3 fully saturated rings. The molecule has 2 saturated heterocycles. The van der Waals surface area contributed by atoms with Crippen molar-refractivity contribution >= 4 is 11.7 Å². The number of likely N-dealkylation sites (tertiary alicyclic amines) is 1. The number of halogens is 2. The van der Waals surface area contributed by atoms with E-state index >= 15 is 0 Å². The highest BCUT2D eigenvalue weighted by molar-refractivity contribution is 5.81. The Morgan fingerprint density at radius 3 is 2.66 bits per heavy atom. The molecule has 2 aromatic rings. The molecule has 3 aliphatic rings. The Balaban J connectivity index is 1.16. The molecule has 0 bridgehead atoms. The van der Waals surface area contributed by atoms with E-state index in [1.165, 1.54) is 12.1 Å². The number of anilines is 1. The Morgan fingerprint density at radius 2 is 2.07 bits per heavy atom. The molecule has 0 radical (unpaired) electrons. The van der Waals surface area contributed by atoms with Crippen LogP contribution >= 0.6 is 0 Å². The molecule has 29 heavy (non-hydrogen) atoms. The average Bonchev–Trinajstić information content (AvgIpc) is 3.49. The summed E-state index contributed by atoms with van der Waals surface area (Å²) in [5, 5.41) is 12.1. The molecule has 8 heteroatoms. The number of nitriles is 1. The molecule has 1 amide bonds. The summed E-state index contributed by atoms with van der Waals surface area (Å²) in [6.45, 7) is 1.48. The molecular formula is C21H19F2N5O. The third-order valence-electron chi connectivity index (χ3n) is 6.28. The van der Waals surface area contributed by atoms with Gasteiger partial charge in [0.05, 0.1) is 24.2 Å². The Labute approximate surface area is 166 Å². The first-order valence-corrected chi connectivity index (χ1v) is 9.64. The van der Waals surface area contributed by atoms with Crippen LogP contribution in [0, 0.1) is 23.0 Å². The first-order chi connectivity index (χ1) is 14.0. The van der Waals surface area contributed by atoms with Gasteiger partial charge >= 0.3 is 0 Å². The molecule has 2 unspecified atom stereocenters. The van der Waals surface area contributed by atoms with E-state index in [4.69, 9.17) is 5.26 Å². The van der Waals surface area contributed by atoms with Gasteiger partial charge in [-0.1, -0.05) is 6.07 Å². The average molecular weight is 395 g/mol. The minimum Gasteiger partial charge on any atom is -0.348 e. The molecule has 2 aliphatic heterocycles. The monoisotopic (exact) mass is 395 g/mol. The zero-order valence-electron chi connectivity index (χ0n) is 15.6. The predicted molar refractivity (Wildman–Crippen MR) is 101 cm³/mol. The lowest BCUT2D eigenvalue weighted by Gasteiger charge is -2.62. The van der Waals surface area contributed by atoms with Crippen LogP contribution < -0.4 is 10.2 Å². The molecule has 2 atom stereocenters. The molecule has 5 rings (SSSR count). The van der Waals surface area contributed by atoms with Crippen LogP contribution in [-0.4, -0.2) is 47.5 Å². The van der Waals surface area contributed by atoms with Crippen molar-refractivity contribution in [2.24, 2.45) is 0 Å². The van der Waals surface area contributed by atoms with E-state index in [0.717, 1.165) is 24.7 Å². The highest BCUT2D eigenvalue weighted by Gasteiger charge is 2.54. The van der Waals surface area contributed by atoms with E-state index in [1.807, 2.05) is 11.0 Å². The fourth-order valence-corrected chi connectivity index (χ4v) is 4.32. The number of hydrogen-bond donors (Lipinski definition) is 1.